The molecule has 0 radical (unpaired) electrons. The third kappa shape index (κ3) is 3.37. The van der Waals surface area contributed by atoms with Crippen LogP contribution in [0.4, 0.5) is 5.69 Å². The zero-order valence-corrected chi connectivity index (χ0v) is 12.5. The minimum absolute atomic E-state index is 0.583. The number of hydrogen-bond donors (Lipinski definition) is 1. The van der Waals surface area contributed by atoms with Crippen molar-refractivity contribution in [2.24, 2.45) is 0 Å². The average molecular weight is 282 g/mol. The highest BCUT2D eigenvalue weighted by Crippen LogP contribution is 2.26. The molecular formula is C18H22N2O. The van der Waals surface area contributed by atoms with Crippen molar-refractivity contribution < 1.29 is 4.74 Å². The number of ether oxygens (including phenoxy) is 1. The van der Waals surface area contributed by atoms with Crippen molar-refractivity contribution in [3.63, 3.8) is 0 Å². The number of rotatable bonds is 4. The lowest BCUT2D eigenvalue weighted by molar-refractivity contribution is 0.465. The van der Waals surface area contributed by atoms with Gasteiger partial charge in [-0.05, 0) is 42.8 Å². The summed E-state index contributed by atoms with van der Waals surface area (Å²) >= 11 is 0. The second-order valence-corrected chi connectivity index (χ2v) is 5.37. The molecule has 0 amide bonds. The van der Waals surface area contributed by atoms with Crippen molar-refractivity contribution in [3.05, 3.63) is 54.6 Å². The van der Waals surface area contributed by atoms with Gasteiger partial charge < -0.3 is 15.0 Å². The molecule has 1 aliphatic heterocycles. The van der Waals surface area contributed by atoms with E-state index in [9.17, 15) is 0 Å². The summed E-state index contributed by atoms with van der Waals surface area (Å²) in [6.45, 7) is 5.44. The molecule has 2 aromatic rings. The number of nitrogens with zero attached hydrogens (tertiary/aromatic N) is 1. The zero-order valence-electron chi connectivity index (χ0n) is 12.5. The highest BCUT2D eigenvalue weighted by atomic mass is 16.5. The Bertz CT molecular complexity index is 553. The summed E-state index contributed by atoms with van der Waals surface area (Å²) in [5, 5.41) is 3.46. The molecule has 1 aliphatic rings. The molecule has 110 valence electrons. The highest BCUT2D eigenvalue weighted by Gasteiger charge is 2.20. The van der Waals surface area contributed by atoms with Gasteiger partial charge in [-0.1, -0.05) is 25.1 Å². The van der Waals surface area contributed by atoms with Gasteiger partial charge in [0, 0.05) is 31.4 Å². The van der Waals surface area contributed by atoms with Crippen LogP contribution in [0.3, 0.4) is 0 Å². The van der Waals surface area contributed by atoms with E-state index in [0.29, 0.717) is 6.04 Å². The van der Waals surface area contributed by atoms with Crippen LogP contribution < -0.4 is 15.0 Å². The predicted octanol–water partition coefficient (Wildman–Crippen LogP) is 3.67. The van der Waals surface area contributed by atoms with Gasteiger partial charge in [-0.25, -0.2) is 0 Å². The molecule has 0 aliphatic carbocycles. The van der Waals surface area contributed by atoms with E-state index in [1.54, 1.807) is 0 Å². The first-order chi connectivity index (χ1) is 10.4. The third-order valence-electron chi connectivity index (χ3n) is 3.97. The maximum Gasteiger partial charge on any atom is 0.127 e. The van der Waals surface area contributed by atoms with Gasteiger partial charge in [-0.2, -0.15) is 0 Å². The van der Waals surface area contributed by atoms with E-state index in [1.807, 2.05) is 30.3 Å². The molecule has 1 N–H and O–H groups in total. The predicted molar refractivity (Wildman–Crippen MR) is 87.3 cm³/mol. The fourth-order valence-electron chi connectivity index (χ4n) is 2.80. The minimum Gasteiger partial charge on any atom is -0.457 e. The van der Waals surface area contributed by atoms with Crippen LogP contribution in [0.1, 0.15) is 13.3 Å². The average Bonchev–Trinajstić information content (AvgIpc) is 2.56. The molecule has 2 aromatic carbocycles. The first-order valence-corrected chi connectivity index (χ1v) is 7.67. The lowest BCUT2D eigenvalue weighted by Crippen LogP contribution is -2.51. The van der Waals surface area contributed by atoms with Crippen molar-refractivity contribution in [1.82, 2.24) is 5.32 Å². The normalized spacial score (nSPS) is 18.5. The van der Waals surface area contributed by atoms with Crippen molar-refractivity contribution in [2.45, 2.75) is 19.4 Å². The fourth-order valence-corrected chi connectivity index (χ4v) is 2.80. The van der Waals surface area contributed by atoms with Gasteiger partial charge >= 0.3 is 0 Å². The largest absolute Gasteiger partial charge is 0.457 e. The Morgan fingerprint density at radius 3 is 2.48 bits per heavy atom. The molecule has 1 saturated heterocycles. The Morgan fingerprint density at radius 2 is 1.76 bits per heavy atom. The van der Waals surface area contributed by atoms with Gasteiger partial charge in [0.15, 0.2) is 0 Å². The van der Waals surface area contributed by atoms with Crippen LogP contribution in [0.15, 0.2) is 54.6 Å². The maximum atomic E-state index is 5.84. The molecule has 0 aromatic heterocycles. The SMILES string of the molecule is CCC1CNCCN1c1ccc(Oc2ccccc2)cc1. The number of para-hydroxylation sites is 1. The van der Waals surface area contributed by atoms with Crippen molar-refractivity contribution >= 4 is 5.69 Å². The summed E-state index contributed by atoms with van der Waals surface area (Å²) in [5.74, 6) is 1.76. The topological polar surface area (TPSA) is 24.5 Å². The van der Waals surface area contributed by atoms with Crippen LogP contribution >= 0.6 is 0 Å². The van der Waals surface area contributed by atoms with Crippen LogP contribution in [0.5, 0.6) is 11.5 Å². The summed E-state index contributed by atoms with van der Waals surface area (Å²) in [6.07, 6.45) is 1.16. The van der Waals surface area contributed by atoms with Crippen LogP contribution in [-0.4, -0.2) is 25.7 Å². The van der Waals surface area contributed by atoms with Gasteiger partial charge in [0.2, 0.25) is 0 Å². The molecule has 1 heterocycles. The van der Waals surface area contributed by atoms with E-state index in [2.05, 4.69) is 41.4 Å². The standard InChI is InChI=1S/C18H22N2O/c1-2-15-14-19-12-13-20(15)16-8-10-18(11-9-16)21-17-6-4-3-5-7-17/h3-11,15,19H,2,12-14H2,1H3. The van der Waals surface area contributed by atoms with Crippen molar-refractivity contribution in [2.75, 3.05) is 24.5 Å². The number of hydrogen-bond acceptors (Lipinski definition) is 3. The molecule has 3 nitrogen and oxygen atoms in total. The second kappa shape index (κ2) is 6.64. The van der Waals surface area contributed by atoms with E-state index in [1.165, 1.54) is 5.69 Å². The number of anilines is 1. The van der Waals surface area contributed by atoms with Gasteiger partial charge in [0.25, 0.3) is 0 Å². The molecule has 0 spiro atoms. The fraction of sp³-hybridized carbons (Fsp3) is 0.333. The third-order valence-corrected chi connectivity index (χ3v) is 3.97. The monoisotopic (exact) mass is 282 g/mol. The van der Waals surface area contributed by atoms with E-state index in [-0.39, 0.29) is 0 Å². The van der Waals surface area contributed by atoms with Gasteiger partial charge in [-0.3, -0.25) is 0 Å². The van der Waals surface area contributed by atoms with Crippen LogP contribution in [0.2, 0.25) is 0 Å². The summed E-state index contributed by atoms with van der Waals surface area (Å²) in [5.41, 5.74) is 1.28. The van der Waals surface area contributed by atoms with Crippen LogP contribution in [0, 0.1) is 0 Å². The smallest absolute Gasteiger partial charge is 0.127 e. The van der Waals surface area contributed by atoms with Gasteiger partial charge in [0.05, 0.1) is 0 Å². The Labute approximate surface area is 126 Å². The summed E-state index contributed by atoms with van der Waals surface area (Å²) in [6, 6.07) is 18.9. The maximum absolute atomic E-state index is 5.84. The molecule has 3 rings (SSSR count). The molecule has 0 bridgehead atoms. The van der Waals surface area contributed by atoms with E-state index < -0.39 is 0 Å². The Morgan fingerprint density at radius 1 is 1.05 bits per heavy atom. The lowest BCUT2D eigenvalue weighted by Gasteiger charge is -2.37. The zero-order chi connectivity index (χ0) is 14.5. The minimum atomic E-state index is 0.583. The van der Waals surface area contributed by atoms with Gasteiger partial charge in [-0.15, -0.1) is 0 Å². The first-order valence-electron chi connectivity index (χ1n) is 7.67. The van der Waals surface area contributed by atoms with E-state index in [4.69, 9.17) is 4.74 Å². The van der Waals surface area contributed by atoms with Crippen LogP contribution in [-0.2, 0) is 0 Å². The molecule has 0 saturated carbocycles. The van der Waals surface area contributed by atoms with Crippen molar-refractivity contribution in [3.8, 4) is 11.5 Å². The number of benzene rings is 2. The number of piperazine rings is 1. The second-order valence-electron chi connectivity index (χ2n) is 5.37. The first kappa shape index (κ1) is 14.0. The Hall–Kier alpha value is -2.00. The summed E-state index contributed by atoms with van der Waals surface area (Å²) < 4.78 is 5.84. The molecule has 3 heteroatoms. The van der Waals surface area contributed by atoms with Crippen molar-refractivity contribution in [1.29, 1.82) is 0 Å². The van der Waals surface area contributed by atoms with Gasteiger partial charge in [0.1, 0.15) is 11.5 Å². The highest BCUT2D eigenvalue weighted by molar-refractivity contribution is 5.51. The molecule has 1 fully saturated rings. The van der Waals surface area contributed by atoms with E-state index >= 15 is 0 Å². The Kier molecular flexibility index (Phi) is 4.41. The summed E-state index contributed by atoms with van der Waals surface area (Å²) in [7, 11) is 0. The quantitative estimate of drug-likeness (QED) is 0.926. The molecule has 1 atom stereocenters. The summed E-state index contributed by atoms with van der Waals surface area (Å²) in [4.78, 5) is 2.49. The molecule has 1 unspecified atom stereocenters. The Balaban J connectivity index is 1.71. The molecule has 21 heavy (non-hydrogen) atoms. The molecular weight excluding hydrogens is 260 g/mol. The van der Waals surface area contributed by atoms with E-state index in [0.717, 1.165) is 37.6 Å². The van der Waals surface area contributed by atoms with Crippen LogP contribution in [0.25, 0.3) is 0 Å². The lowest BCUT2D eigenvalue weighted by atomic mass is 10.1. The number of nitrogens with one attached hydrogen (secondary N) is 1.